The summed E-state index contributed by atoms with van der Waals surface area (Å²) < 4.78 is 0. The Hall–Kier alpha value is -0.510. The summed E-state index contributed by atoms with van der Waals surface area (Å²) in [6, 6.07) is 0. The molecule has 0 fully saturated rings. The number of carboxylic acid groups (broad SMARTS) is 1. The van der Waals surface area contributed by atoms with Crippen LogP contribution in [-0.4, -0.2) is 22.1 Å². The molecule has 0 saturated heterocycles. The molecule has 0 spiro atoms. The first-order valence-corrected chi connectivity index (χ1v) is 4.93. The van der Waals surface area contributed by atoms with Gasteiger partial charge in [0.25, 0.3) is 0 Å². The van der Waals surface area contributed by atoms with Gasteiger partial charge in [0, 0.05) is 5.25 Å². The monoisotopic (exact) mass is 204 g/mol. The van der Waals surface area contributed by atoms with E-state index >= 15 is 0 Å². The fraction of sp³-hybridized carbons (Fsp3) is 0.778. The van der Waals surface area contributed by atoms with Crippen molar-refractivity contribution in [3.05, 3.63) is 0 Å². The minimum atomic E-state index is -1.07. The van der Waals surface area contributed by atoms with Crippen molar-refractivity contribution in [1.29, 1.82) is 0 Å². The van der Waals surface area contributed by atoms with Crippen molar-refractivity contribution in [3.63, 3.8) is 0 Å². The van der Waals surface area contributed by atoms with Crippen molar-refractivity contribution in [2.75, 3.05) is 0 Å². The molecule has 76 valence electrons. The predicted octanol–water partition coefficient (Wildman–Crippen LogP) is 1.76. The largest absolute Gasteiger partial charge is 0.481 e. The fourth-order valence-electron chi connectivity index (χ4n) is 1.19. The Balaban J connectivity index is 4.20. The molecule has 0 bridgehead atoms. The van der Waals surface area contributed by atoms with Gasteiger partial charge in [-0.2, -0.15) is 12.6 Å². The van der Waals surface area contributed by atoms with Gasteiger partial charge in [-0.05, 0) is 13.3 Å². The minimum absolute atomic E-state index is 0.316. The number of hydrogen-bond donors (Lipinski definition) is 2. The summed E-state index contributed by atoms with van der Waals surface area (Å²) >= 11 is 4.14. The van der Waals surface area contributed by atoms with Crippen LogP contribution in [0.4, 0.5) is 0 Å². The minimum Gasteiger partial charge on any atom is -0.481 e. The van der Waals surface area contributed by atoms with E-state index in [1.165, 1.54) is 6.92 Å². The average Bonchev–Trinajstić information content (AvgIpc) is 1.99. The third kappa shape index (κ3) is 4.31. The number of carbonyl (C=O) groups is 2. The molecule has 0 aromatic heterocycles. The van der Waals surface area contributed by atoms with Gasteiger partial charge >= 0.3 is 5.97 Å². The van der Waals surface area contributed by atoms with Crippen molar-refractivity contribution >= 4 is 24.4 Å². The second-order valence-electron chi connectivity index (χ2n) is 3.14. The van der Waals surface area contributed by atoms with Gasteiger partial charge in [-0.3, -0.25) is 9.59 Å². The van der Waals surface area contributed by atoms with Crippen LogP contribution < -0.4 is 0 Å². The molecule has 2 atom stereocenters. The first-order chi connectivity index (χ1) is 6.00. The van der Waals surface area contributed by atoms with Gasteiger partial charge in [-0.15, -0.1) is 0 Å². The summed E-state index contributed by atoms with van der Waals surface area (Å²) in [6.07, 6.45) is 2.57. The standard InChI is InChI=1S/C9H16O3S/c1-3-4-5-7(13)8(6(2)10)9(11)12/h7-8,13H,3-5H2,1-2H3,(H,11,12). The van der Waals surface area contributed by atoms with Crippen molar-refractivity contribution < 1.29 is 14.7 Å². The Bertz CT molecular complexity index is 177. The number of carbonyl (C=O) groups excluding carboxylic acids is 1. The molecule has 0 aliphatic carbocycles. The zero-order valence-corrected chi connectivity index (χ0v) is 8.88. The third-order valence-electron chi connectivity index (χ3n) is 1.94. The van der Waals surface area contributed by atoms with Gasteiger partial charge in [-0.1, -0.05) is 19.8 Å². The SMILES string of the molecule is CCCCC(S)C(C(C)=O)C(=O)O. The lowest BCUT2D eigenvalue weighted by Crippen LogP contribution is -2.30. The molecule has 0 radical (unpaired) electrons. The highest BCUT2D eigenvalue weighted by molar-refractivity contribution is 7.81. The van der Waals surface area contributed by atoms with Crippen LogP contribution in [0, 0.1) is 5.92 Å². The zero-order chi connectivity index (χ0) is 10.4. The van der Waals surface area contributed by atoms with E-state index < -0.39 is 11.9 Å². The summed E-state index contributed by atoms with van der Waals surface area (Å²) in [5.74, 6) is -2.33. The van der Waals surface area contributed by atoms with Crippen molar-refractivity contribution in [2.45, 2.75) is 38.4 Å². The normalized spacial score (nSPS) is 15.0. The summed E-state index contributed by atoms with van der Waals surface area (Å²) in [6.45, 7) is 3.32. The molecule has 0 aromatic carbocycles. The first-order valence-electron chi connectivity index (χ1n) is 4.42. The van der Waals surface area contributed by atoms with Crippen LogP contribution in [0.25, 0.3) is 0 Å². The summed E-state index contributed by atoms with van der Waals surface area (Å²) in [7, 11) is 0. The average molecular weight is 204 g/mol. The van der Waals surface area contributed by atoms with Crippen LogP contribution in [0.1, 0.15) is 33.1 Å². The van der Waals surface area contributed by atoms with Crippen molar-refractivity contribution in [1.82, 2.24) is 0 Å². The molecular formula is C9H16O3S. The molecule has 0 aliphatic rings. The van der Waals surface area contributed by atoms with E-state index in [2.05, 4.69) is 12.6 Å². The summed E-state index contributed by atoms with van der Waals surface area (Å²) in [4.78, 5) is 21.6. The quantitative estimate of drug-likeness (QED) is 0.512. The van der Waals surface area contributed by atoms with Crippen LogP contribution in [0.5, 0.6) is 0 Å². The number of ketones is 1. The second-order valence-corrected chi connectivity index (χ2v) is 3.80. The number of rotatable bonds is 6. The van der Waals surface area contributed by atoms with Crippen LogP contribution in [-0.2, 0) is 9.59 Å². The summed E-state index contributed by atoms with van der Waals surface area (Å²) in [5, 5.41) is 8.39. The zero-order valence-electron chi connectivity index (χ0n) is 7.99. The van der Waals surface area contributed by atoms with E-state index in [4.69, 9.17) is 5.11 Å². The lowest BCUT2D eigenvalue weighted by atomic mass is 9.97. The van der Waals surface area contributed by atoms with Gasteiger partial charge in [0.2, 0.25) is 0 Å². The molecule has 0 rings (SSSR count). The molecule has 0 amide bonds. The van der Waals surface area contributed by atoms with Gasteiger partial charge < -0.3 is 5.11 Å². The molecule has 4 heteroatoms. The van der Waals surface area contributed by atoms with Crippen molar-refractivity contribution in [3.8, 4) is 0 Å². The number of unbranched alkanes of at least 4 members (excludes halogenated alkanes) is 1. The maximum absolute atomic E-state index is 11.0. The maximum Gasteiger partial charge on any atom is 0.315 e. The molecule has 2 unspecified atom stereocenters. The highest BCUT2D eigenvalue weighted by Gasteiger charge is 2.29. The Labute approximate surface area is 83.9 Å². The van der Waals surface area contributed by atoms with Crippen LogP contribution >= 0.6 is 12.6 Å². The Kier molecular flexibility index (Phi) is 5.79. The van der Waals surface area contributed by atoms with Gasteiger partial charge in [0.1, 0.15) is 11.7 Å². The van der Waals surface area contributed by atoms with Crippen LogP contribution in [0.15, 0.2) is 0 Å². The van der Waals surface area contributed by atoms with Gasteiger partial charge in [-0.25, -0.2) is 0 Å². The number of thiol groups is 1. The second kappa shape index (κ2) is 6.02. The number of carboxylic acids is 1. The number of Topliss-reactive ketones (excluding diaryl/α,β-unsaturated/α-hetero) is 1. The molecule has 13 heavy (non-hydrogen) atoms. The smallest absolute Gasteiger partial charge is 0.315 e. The summed E-state index contributed by atoms with van der Waals surface area (Å²) in [5.41, 5.74) is 0. The molecule has 0 aromatic rings. The lowest BCUT2D eigenvalue weighted by Gasteiger charge is -2.15. The first kappa shape index (κ1) is 12.5. The molecule has 3 nitrogen and oxygen atoms in total. The van der Waals surface area contributed by atoms with Gasteiger partial charge in [0.15, 0.2) is 0 Å². The Morgan fingerprint density at radius 1 is 1.46 bits per heavy atom. The van der Waals surface area contributed by atoms with E-state index in [0.717, 1.165) is 12.8 Å². The molecular weight excluding hydrogens is 188 g/mol. The van der Waals surface area contributed by atoms with E-state index in [1.807, 2.05) is 6.92 Å². The topological polar surface area (TPSA) is 54.4 Å². The van der Waals surface area contributed by atoms with Crippen LogP contribution in [0.3, 0.4) is 0 Å². The van der Waals surface area contributed by atoms with E-state index in [0.29, 0.717) is 6.42 Å². The molecule has 0 saturated carbocycles. The van der Waals surface area contributed by atoms with E-state index in [-0.39, 0.29) is 11.0 Å². The number of aliphatic carboxylic acids is 1. The maximum atomic E-state index is 11.0. The van der Waals surface area contributed by atoms with Crippen molar-refractivity contribution in [2.24, 2.45) is 5.92 Å². The molecule has 0 aliphatic heterocycles. The van der Waals surface area contributed by atoms with Crippen LogP contribution in [0.2, 0.25) is 0 Å². The lowest BCUT2D eigenvalue weighted by molar-refractivity contribution is -0.145. The number of hydrogen-bond acceptors (Lipinski definition) is 3. The van der Waals surface area contributed by atoms with E-state index in [1.54, 1.807) is 0 Å². The fourth-order valence-corrected chi connectivity index (χ4v) is 1.71. The predicted molar refractivity (Wildman–Crippen MR) is 54.1 cm³/mol. The van der Waals surface area contributed by atoms with Gasteiger partial charge in [0.05, 0.1) is 0 Å². The highest BCUT2D eigenvalue weighted by Crippen LogP contribution is 2.18. The highest BCUT2D eigenvalue weighted by atomic mass is 32.1. The molecule has 1 N–H and O–H groups in total. The molecule has 0 heterocycles. The van der Waals surface area contributed by atoms with E-state index in [9.17, 15) is 9.59 Å². The Morgan fingerprint density at radius 3 is 2.31 bits per heavy atom. The third-order valence-corrected chi connectivity index (χ3v) is 2.50. The Morgan fingerprint density at radius 2 is 2.00 bits per heavy atom.